The summed E-state index contributed by atoms with van der Waals surface area (Å²) in [6.07, 6.45) is 2.26. The summed E-state index contributed by atoms with van der Waals surface area (Å²) in [5.41, 5.74) is 3.78. The number of hydrogen-bond acceptors (Lipinski definition) is 10. The molecule has 2 aromatic carbocycles. The lowest BCUT2D eigenvalue weighted by atomic mass is 9.91. The number of nitrogens with one attached hydrogen (secondary N) is 1. The Morgan fingerprint density at radius 2 is 1.39 bits per heavy atom. The second-order valence-corrected chi connectivity index (χ2v) is 28.6. The number of hydrogen-bond donors (Lipinski definition) is 1. The van der Waals surface area contributed by atoms with Crippen LogP contribution in [0.1, 0.15) is 83.5 Å². The van der Waals surface area contributed by atoms with E-state index in [0.717, 1.165) is 25.9 Å². The topological polar surface area (TPSA) is 105 Å². The van der Waals surface area contributed by atoms with E-state index in [9.17, 15) is 0 Å². The molecule has 2 aliphatic rings. The van der Waals surface area contributed by atoms with E-state index in [1.807, 2.05) is 10.9 Å². The van der Waals surface area contributed by atoms with Crippen LogP contribution in [0.4, 0.5) is 5.82 Å². The van der Waals surface area contributed by atoms with Gasteiger partial charge in [-0.2, -0.15) is 0 Å². The van der Waals surface area contributed by atoms with Gasteiger partial charge in [0.25, 0.3) is 0 Å². The van der Waals surface area contributed by atoms with Crippen molar-refractivity contribution in [3.63, 3.8) is 0 Å². The zero-order chi connectivity index (χ0) is 41.2. The highest BCUT2D eigenvalue weighted by Gasteiger charge is 2.54. The first-order valence-corrected chi connectivity index (χ1v) is 26.6. The number of anilines is 1. The van der Waals surface area contributed by atoms with Crippen LogP contribution in [-0.4, -0.2) is 106 Å². The lowest BCUT2D eigenvalue weighted by molar-refractivity contribution is -0.0562. The Bertz CT molecular complexity index is 1850. The predicted octanol–water partition coefficient (Wildman–Crippen LogP) is 9.01. The van der Waals surface area contributed by atoms with Crippen molar-refractivity contribution in [3.05, 3.63) is 83.9 Å². The molecule has 2 saturated heterocycles. The summed E-state index contributed by atoms with van der Waals surface area (Å²) in [6, 6.07) is 21.2. The van der Waals surface area contributed by atoms with Crippen LogP contribution in [0.3, 0.4) is 0 Å². The molecule has 2 aromatic heterocycles. The highest BCUT2D eigenvalue weighted by atomic mass is 28.4. The first-order chi connectivity index (χ1) is 26.9. The molecule has 2 aliphatic heterocycles. The lowest BCUT2D eigenvalue weighted by Gasteiger charge is -2.44. The van der Waals surface area contributed by atoms with E-state index in [0.29, 0.717) is 42.6 Å². The molecule has 312 valence electrons. The number of piperidine rings is 1. The summed E-state index contributed by atoms with van der Waals surface area (Å²) < 4.78 is 36.1. The molecule has 0 amide bonds. The number of likely N-dealkylation sites (tertiary alicyclic amines) is 1. The third kappa shape index (κ3) is 10.1. The number of imidazole rings is 1. The average molecular weight is 817 g/mol. The molecule has 4 heterocycles. The second-order valence-electron chi connectivity index (χ2n) is 19.1. The molecule has 0 bridgehead atoms. The standard InChI is InChI=1S/C44H68N6O5Si2/c1-43(2,3)56(9,10)54-38-35(28-51-8)53-42(39(38)55-57(11,12)44(4,5)6)50-30-46-37-40(47-36(48-41(37)50)29-52-33-23-25-49(7)26-24-33)45-27-34(31-19-15-13-16-20-31)32-21-17-14-18-22-32/h13-22,30,33-35,38-39,42H,23-29H2,1-12H3,(H,45,47,48)/t35-,38-,39-,42-/m1/s1. The minimum atomic E-state index is -2.34. The van der Waals surface area contributed by atoms with E-state index in [4.69, 9.17) is 38.0 Å². The Morgan fingerprint density at radius 3 is 1.93 bits per heavy atom. The van der Waals surface area contributed by atoms with Crippen LogP contribution in [0.2, 0.25) is 36.3 Å². The Kier molecular flexibility index (Phi) is 13.5. The summed E-state index contributed by atoms with van der Waals surface area (Å²) in [7, 11) is -0.741. The van der Waals surface area contributed by atoms with Crippen molar-refractivity contribution in [1.82, 2.24) is 24.4 Å². The molecule has 0 unspecified atom stereocenters. The molecular weight excluding hydrogens is 749 g/mol. The van der Waals surface area contributed by atoms with Gasteiger partial charge in [-0.3, -0.25) is 4.57 Å². The van der Waals surface area contributed by atoms with Gasteiger partial charge in [-0.25, -0.2) is 15.0 Å². The van der Waals surface area contributed by atoms with Crippen molar-refractivity contribution >= 4 is 33.6 Å². The molecule has 11 nitrogen and oxygen atoms in total. The van der Waals surface area contributed by atoms with Crippen LogP contribution in [0.25, 0.3) is 11.2 Å². The quantitative estimate of drug-likeness (QED) is 0.117. The van der Waals surface area contributed by atoms with E-state index in [-0.39, 0.29) is 34.3 Å². The maximum absolute atomic E-state index is 7.39. The van der Waals surface area contributed by atoms with Gasteiger partial charge in [-0.1, -0.05) is 102 Å². The van der Waals surface area contributed by atoms with Crippen molar-refractivity contribution in [2.24, 2.45) is 0 Å². The Labute approximate surface area is 343 Å². The van der Waals surface area contributed by atoms with Crippen LogP contribution >= 0.6 is 0 Å². The number of ether oxygens (including phenoxy) is 3. The smallest absolute Gasteiger partial charge is 0.192 e. The largest absolute Gasteiger partial charge is 0.408 e. The van der Waals surface area contributed by atoms with Gasteiger partial charge in [-0.15, -0.1) is 0 Å². The molecule has 2 fully saturated rings. The van der Waals surface area contributed by atoms with Crippen molar-refractivity contribution in [1.29, 1.82) is 0 Å². The summed E-state index contributed by atoms with van der Waals surface area (Å²) in [5, 5.41) is 3.68. The molecule has 1 N–H and O–H groups in total. The van der Waals surface area contributed by atoms with Crippen molar-refractivity contribution in [3.8, 4) is 0 Å². The first-order valence-electron chi connectivity index (χ1n) is 20.8. The van der Waals surface area contributed by atoms with E-state index < -0.39 is 29.0 Å². The van der Waals surface area contributed by atoms with E-state index >= 15 is 0 Å². The molecule has 57 heavy (non-hydrogen) atoms. The molecule has 13 heteroatoms. The molecule has 0 spiro atoms. The summed E-state index contributed by atoms with van der Waals surface area (Å²) in [4.78, 5) is 17.7. The van der Waals surface area contributed by atoms with Crippen molar-refractivity contribution < 1.29 is 23.1 Å². The van der Waals surface area contributed by atoms with Crippen molar-refractivity contribution in [2.45, 2.75) is 134 Å². The van der Waals surface area contributed by atoms with Gasteiger partial charge in [-0.05, 0) is 67.3 Å². The van der Waals surface area contributed by atoms with Gasteiger partial charge in [0, 0.05) is 32.7 Å². The van der Waals surface area contributed by atoms with E-state index in [1.165, 1.54) is 11.1 Å². The van der Waals surface area contributed by atoms with Crippen LogP contribution in [0, 0.1) is 0 Å². The lowest BCUT2D eigenvalue weighted by Crippen LogP contribution is -2.54. The number of rotatable bonds is 15. The Balaban J connectivity index is 1.42. The fourth-order valence-corrected chi connectivity index (χ4v) is 9.81. The highest BCUT2D eigenvalue weighted by Crippen LogP contribution is 2.46. The maximum atomic E-state index is 7.39. The molecule has 0 aliphatic carbocycles. The normalized spacial score (nSPS) is 21.8. The van der Waals surface area contributed by atoms with Crippen LogP contribution in [-0.2, 0) is 29.7 Å². The highest BCUT2D eigenvalue weighted by molar-refractivity contribution is 6.74. The SMILES string of the molecule is COC[C@H]1O[C@@H](n2cnc3c(NCC(c4ccccc4)c4ccccc4)nc(COC4CCN(C)CC4)nc32)[C@H](O[Si](C)(C)C(C)(C)C)[C@@H]1O[Si](C)(C)C(C)(C)C. The van der Waals surface area contributed by atoms with E-state index in [1.54, 1.807) is 7.11 Å². The number of benzene rings is 2. The third-order valence-corrected chi connectivity index (χ3v) is 21.8. The third-order valence-electron chi connectivity index (χ3n) is 12.8. The van der Waals surface area contributed by atoms with Gasteiger partial charge in [0.15, 0.2) is 45.7 Å². The molecular formula is C44H68N6O5Si2. The van der Waals surface area contributed by atoms with Crippen LogP contribution in [0.5, 0.6) is 0 Å². The number of aromatic nitrogens is 4. The number of fused-ring (bicyclic) bond motifs is 1. The molecule has 4 aromatic rings. The minimum Gasteiger partial charge on any atom is -0.408 e. The molecule has 6 rings (SSSR count). The minimum absolute atomic E-state index is 0.0141. The predicted molar refractivity (Wildman–Crippen MR) is 234 cm³/mol. The van der Waals surface area contributed by atoms with Crippen LogP contribution in [0.15, 0.2) is 67.0 Å². The monoisotopic (exact) mass is 816 g/mol. The number of methoxy groups -OCH3 is 1. The Hall–Kier alpha value is -3.02. The summed E-state index contributed by atoms with van der Waals surface area (Å²) in [6.45, 7) is 26.1. The number of nitrogens with zero attached hydrogens (tertiary/aromatic N) is 5. The van der Waals surface area contributed by atoms with Gasteiger partial charge in [0.1, 0.15) is 24.9 Å². The molecule has 0 radical (unpaired) electrons. The van der Waals surface area contributed by atoms with Gasteiger partial charge in [0.2, 0.25) is 0 Å². The van der Waals surface area contributed by atoms with Gasteiger partial charge >= 0.3 is 0 Å². The first kappa shape index (κ1) is 43.6. The molecule has 0 saturated carbocycles. The summed E-state index contributed by atoms with van der Waals surface area (Å²) in [5.74, 6) is 1.35. The maximum Gasteiger partial charge on any atom is 0.192 e. The van der Waals surface area contributed by atoms with Crippen LogP contribution < -0.4 is 5.32 Å². The second kappa shape index (κ2) is 17.7. The zero-order valence-electron chi connectivity index (χ0n) is 36.5. The summed E-state index contributed by atoms with van der Waals surface area (Å²) >= 11 is 0. The Morgan fingerprint density at radius 1 is 0.825 bits per heavy atom. The zero-order valence-corrected chi connectivity index (χ0v) is 38.5. The average Bonchev–Trinajstić information content (AvgIpc) is 3.72. The fraction of sp³-hybridized carbons (Fsp3) is 0.614. The van der Waals surface area contributed by atoms with Gasteiger partial charge < -0.3 is 33.3 Å². The van der Waals surface area contributed by atoms with Gasteiger partial charge in [0.05, 0.1) is 19.0 Å². The van der Waals surface area contributed by atoms with Crippen molar-refractivity contribution in [2.75, 3.05) is 45.7 Å². The molecule has 4 atom stereocenters. The van der Waals surface area contributed by atoms with E-state index in [2.05, 4.69) is 146 Å². The fourth-order valence-electron chi connectivity index (χ4n) is 7.21.